The van der Waals surface area contributed by atoms with Crippen LogP contribution in [0.15, 0.2) is 0 Å². The van der Waals surface area contributed by atoms with E-state index >= 15 is 0 Å². The van der Waals surface area contributed by atoms with Gasteiger partial charge in [0.05, 0.1) is 0 Å². The molecular formula is C3H14B4N4. The van der Waals surface area contributed by atoms with Gasteiger partial charge in [-0.1, -0.05) is 13.8 Å². The van der Waals surface area contributed by atoms with Crippen LogP contribution in [0.5, 0.6) is 0 Å². The minimum atomic E-state index is 0.567. The molecule has 0 aromatic heterocycles. The lowest BCUT2D eigenvalue weighted by molar-refractivity contribution is 0.732. The topological polar surface area (TPSA) is 39.3 Å². The Morgan fingerprint density at radius 3 is 2.55 bits per heavy atom. The lowest BCUT2D eigenvalue weighted by Gasteiger charge is -2.25. The molecule has 1 aliphatic heterocycles. The molecule has 11 heavy (non-hydrogen) atoms. The van der Waals surface area contributed by atoms with Gasteiger partial charge in [0.1, 0.15) is 0 Å². The van der Waals surface area contributed by atoms with E-state index in [2.05, 4.69) is 34.0 Å². The third-order valence-electron chi connectivity index (χ3n) is 1.64. The lowest BCUT2D eigenvalue weighted by Crippen LogP contribution is -2.61. The molecule has 1 heterocycles. The lowest BCUT2D eigenvalue weighted by atomic mass is 9.74. The monoisotopic (exact) mass is 150 g/mol. The van der Waals surface area contributed by atoms with Gasteiger partial charge in [-0.15, -0.1) is 0 Å². The number of rotatable bonds is 3. The van der Waals surface area contributed by atoms with Crippen molar-refractivity contribution in [3.05, 3.63) is 0 Å². The Kier molecular flexibility index (Phi) is 4.07. The number of nitrogens with one attached hydrogen (secondary N) is 3. The molecule has 0 amide bonds. The molecule has 0 aromatic carbocycles. The standard InChI is InChI=1S/C3H14B4N4/c1-3(2)8-5-11-6-9-4-10-7-11/h3-10H,1-2H3. The minimum Gasteiger partial charge on any atom is -0.395 e. The SMILES string of the molecule is CC(C)NBN1BNBNB1. The Morgan fingerprint density at radius 2 is 2.00 bits per heavy atom. The summed E-state index contributed by atoms with van der Waals surface area (Å²) >= 11 is 0. The van der Waals surface area contributed by atoms with Gasteiger partial charge in [-0.25, -0.2) is 0 Å². The average Bonchev–Trinajstić information content (AvgIpc) is 2.03. The molecule has 1 aliphatic rings. The van der Waals surface area contributed by atoms with E-state index in [0.717, 1.165) is 30.2 Å². The molecule has 0 radical (unpaired) electrons. The van der Waals surface area contributed by atoms with E-state index in [1.807, 2.05) is 0 Å². The predicted molar refractivity (Wildman–Crippen MR) is 55.0 cm³/mol. The zero-order chi connectivity index (χ0) is 8.10. The van der Waals surface area contributed by atoms with Crippen LogP contribution in [0.3, 0.4) is 0 Å². The quantitative estimate of drug-likeness (QED) is 0.365. The zero-order valence-corrected chi connectivity index (χ0v) is 7.35. The van der Waals surface area contributed by atoms with E-state index in [1.54, 1.807) is 0 Å². The fourth-order valence-corrected chi connectivity index (χ4v) is 0.996. The molecule has 1 fully saturated rings. The Morgan fingerprint density at radius 1 is 1.36 bits per heavy atom. The molecule has 4 nitrogen and oxygen atoms in total. The first-order valence-electron chi connectivity index (χ1n) is 4.16. The number of nitrogens with zero attached hydrogens (tertiary/aromatic N) is 1. The molecule has 0 aliphatic carbocycles. The Hall–Kier alpha value is 0.0997. The van der Waals surface area contributed by atoms with Crippen molar-refractivity contribution in [1.82, 2.24) is 20.1 Å². The highest BCUT2D eigenvalue weighted by atomic mass is 15.1. The van der Waals surface area contributed by atoms with E-state index in [0.29, 0.717) is 6.04 Å². The van der Waals surface area contributed by atoms with E-state index in [9.17, 15) is 0 Å². The van der Waals surface area contributed by atoms with Crippen LogP contribution in [-0.2, 0) is 0 Å². The summed E-state index contributed by atoms with van der Waals surface area (Å²) in [6.45, 7) is 4.32. The highest BCUT2D eigenvalue weighted by Gasteiger charge is 2.13. The smallest absolute Gasteiger partial charge is 0.268 e. The summed E-state index contributed by atoms with van der Waals surface area (Å²) in [5.41, 5.74) is 0. The molecule has 1 rings (SSSR count). The normalized spacial score (nSPS) is 18.5. The maximum atomic E-state index is 3.36. The zero-order valence-electron chi connectivity index (χ0n) is 7.35. The largest absolute Gasteiger partial charge is 0.395 e. The van der Waals surface area contributed by atoms with Crippen molar-refractivity contribution < 1.29 is 0 Å². The van der Waals surface area contributed by atoms with Crippen LogP contribution in [0.1, 0.15) is 13.8 Å². The van der Waals surface area contributed by atoms with Crippen LogP contribution in [-0.4, -0.2) is 40.9 Å². The molecule has 0 atom stereocenters. The summed E-state index contributed by atoms with van der Waals surface area (Å²) in [4.78, 5) is 0. The summed E-state index contributed by atoms with van der Waals surface area (Å²) in [6, 6.07) is 0.567. The molecule has 0 saturated carbocycles. The molecule has 58 valence electrons. The molecule has 8 heteroatoms. The summed E-state index contributed by atoms with van der Waals surface area (Å²) < 4.78 is 2.28. The third-order valence-corrected chi connectivity index (χ3v) is 1.64. The van der Waals surface area contributed by atoms with E-state index < -0.39 is 0 Å². The van der Waals surface area contributed by atoms with Gasteiger partial charge in [-0.3, -0.25) is 0 Å². The summed E-state index contributed by atoms with van der Waals surface area (Å²) in [6.07, 6.45) is 0. The average molecular weight is 149 g/mol. The summed E-state index contributed by atoms with van der Waals surface area (Å²) in [7, 11) is 3.84. The van der Waals surface area contributed by atoms with Crippen molar-refractivity contribution in [2.24, 2.45) is 0 Å². The van der Waals surface area contributed by atoms with E-state index in [4.69, 9.17) is 0 Å². The van der Waals surface area contributed by atoms with Crippen molar-refractivity contribution >= 4 is 30.2 Å². The molecular weight excluding hydrogens is 135 g/mol. The van der Waals surface area contributed by atoms with Gasteiger partial charge >= 0.3 is 0 Å². The first kappa shape index (κ1) is 9.19. The maximum Gasteiger partial charge on any atom is 0.268 e. The first-order chi connectivity index (χ1) is 5.29. The van der Waals surface area contributed by atoms with Crippen molar-refractivity contribution in [2.75, 3.05) is 0 Å². The van der Waals surface area contributed by atoms with Crippen molar-refractivity contribution in [2.45, 2.75) is 19.9 Å². The van der Waals surface area contributed by atoms with Crippen molar-refractivity contribution in [3.8, 4) is 0 Å². The van der Waals surface area contributed by atoms with Crippen LogP contribution in [0.4, 0.5) is 0 Å². The Labute approximate surface area is 71.0 Å². The van der Waals surface area contributed by atoms with Crippen molar-refractivity contribution in [1.29, 1.82) is 0 Å². The molecule has 0 spiro atoms. The summed E-state index contributed by atoms with van der Waals surface area (Å²) in [5.74, 6) is 0. The van der Waals surface area contributed by atoms with Gasteiger partial charge in [-0.2, -0.15) is 0 Å². The molecule has 0 bridgehead atoms. The van der Waals surface area contributed by atoms with Crippen molar-refractivity contribution in [3.63, 3.8) is 0 Å². The third kappa shape index (κ3) is 3.86. The molecule has 0 unspecified atom stereocenters. The Balaban J connectivity index is 2.05. The molecule has 0 aromatic rings. The number of hydrogen-bond donors (Lipinski definition) is 3. The number of hydrogen-bond acceptors (Lipinski definition) is 4. The first-order valence-corrected chi connectivity index (χ1v) is 4.16. The van der Waals surface area contributed by atoms with E-state index in [1.165, 1.54) is 0 Å². The molecule has 3 N–H and O–H groups in total. The summed E-state index contributed by atoms with van der Waals surface area (Å²) in [5, 5.41) is 9.83. The van der Waals surface area contributed by atoms with Crippen LogP contribution in [0.25, 0.3) is 0 Å². The highest BCUT2D eigenvalue weighted by Crippen LogP contribution is 1.78. The van der Waals surface area contributed by atoms with Gasteiger partial charge < -0.3 is 20.1 Å². The van der Waals surface area contributed by atoms with Crippen LogP contribution < -0.4 is 15.5 Å². The Bertz CT molecular complexity index is 106. The second-order valence-electron chi connectivity index (χ2n) is 3.18. The van der Waals surface area contributed by atoms with Gasteiger partial charge in [0.25, 0.3) is 30.2 Å². The van der Waals surface area contributed by atoms with Gasteiger partial charge in [-0.05, 0) is 6.04 Å². The second-order valence-corrected chi connectivity index (χ2v) is 3.18. The second kappa shape index (κ2) is 4.87. The van der Waals surface area contributed by atoms with Crippen LogP contribution in [0, 0.1) is 0 Å². The van der Waals surface area contributed by atoms with Gasteiger partial charge in [0, 0.05) is 0 Å². The highest BCUT2D eigenvalue weighted by molar-refractivity contribution is 6.73. The minimum absolute atomic E-state index is 0.567. The fourth-order valence-electron chi connectivity index (χ4n) is 0.996. The van der Waals surface area contributed by atoms with Crippen LogP contribution >= 0.6 is 0 Å². The predicted octanol–water partition coefficient (Wildman–Crippen LogP) is -3.45. The van der Waals surface area contributed by atoms with Gasteiger partial charge in [0.15, 0.2) is 0 Å². The molecule has 1 saturated heterocycles. The maximum absolute atomic E-state index is 3.36. The fraction of sp³-hybridized carbons (Fsp3) is 1.00. The van der Waals surface area contributed by atoms with Crippen LogP contribution in [0.2, 0.25) is 0 Å². The van der Waals surface area contributed by atoms with Gasteiger partial charge in [0.2, 0.25) is 0 Å². The van der Waals surface area contributed by atoms with E-state index in [-0.39, 0.29) is 0 Å².